The highest BCUT2D eigenvalue weighted by atomic mass is 35.5. The van der Waals surface area contributed by atoms with Crippen molar-refractivity contribution in [1.29, 1.82) is 0 Å². The van der Waals surface area contributed by atoms with Gasteiger partial charge in [0.15, 0.2) is 5.82 Å². The second-order valence-corrected chi connectivity index (χ2v) is 6.19. The van der Waals surface area contributed by atoms with E-state index in [9.17, 15) is 13.6 Å². The van der Waals surface area contributed by atoms with Crippen molar-refractivity contribution < 1.29 is 13.5 Å². The normalized spacial score (nSPS) is 11.9. The Balaban J connectivity index is 1.74. The minimum Gasteiger partial charge on any atom is -0.489 e. The zero-order valence-corrected chi connectivity index (χ0v) is 15.1. The van der Waals surface area contributed by atoms with Gasteiger partial charge in [0.05, 0.1) is 18.4 Å². The van der Waals surface area contributed by atoms with Gasteiger partial charge in [0.2, 0.25) is 0 Å². The Morgan fingerprint density at radius 1 is 1.22 bits per heavy atom. The van der Waals surface area contributed by atoms with Crippen molar-refractivity contribution in [3.8, 4) is 11.4 Å². The fourth-order valence-corrected chi connectivity index (χ4v) is 2.60. The lowest BCUT2D eigenvalue weighted by Crippen LogP contribution is -2.26. The first-order chi connectivity index (χ1) is 13.0. The van der Waals surface area contributed by atoms with Gasteiger partial charge >= 0.3 is 0 Å². The molecule has 27 heavy (non-hydrogen) atoms. The van der Waals surface area contributed by atoms with E-state index in [-0.39, 0.29) is 16.8 Å². The van der Waals surface area contributed by atoms with E-state index >= 15 is 0 Å². The number of anilines is 1. The summed E-state index contributed by atoms with van der Waals surface area (Å²) in [6.45, 7) is 2.22. The maximum atomic E-state index is 13.9. The quantitative estimate of drug-likeness (QED) is 0.689. The molecule has 0 fully saturated rings. The Hall–Kier alpha value is -2.93. The van der Waals surface area contributed by atoms with Crippen LogP contribution in [0.1, 0.15) is 6.92 Å². The third kappa shape index (κ3) is 4.43. The van der Waals surface area contributed by atoms with Crippen molar-refractivity contribution in [2.24, 2.45) is 0 Å². The van der Waals surface area contributed by atoms with Crippen LogP contribution in [0.15, 0.2) is 59.5 Å². The first kappa shape index (κ1) is 18.8. The summed E-state index contributed by atoms with van der Waals surface area (Å²) in [4.78, 5) is 12.4. The van der Waals surface area contributed by atoms with E-state index in [1.807, 2.05) is 37.3 Å². The molecule has 0 saturated heterocycles. The van der Waals surface area contributed by atoms with Crippen molar-refractivity contribution in [2.45, 2.75) is 13.0 Å². The first-order valence-corrected chi connectivity index (χ1v) is 8.52. The second-order valence-electron chi connectivity index (χ2n) is 5.81. The highest BCUT2D eigenvalue weighted by Gasteiger charge is 2.15. The number of nitrogens with one attached hydrogen (secondary N) is 1. The Kier molecular flexibility index (Phi) is 5.71. The smallest absolute Gasteiger partial charge is 0.292 e. The van der Waals surface area contributed by atoms with Crippen LogP contribution < -0.4 is 15.6 Å². The summed E-state index contributed by atoms with van der Waals surface area (Å²) in [5, 5.41) is 6.75. The molecule has 0 spiro atoms. The molecule has 0 bridgehead atoms. The lowest BCUT2D eigenvalue weighted by molar-refractivity contribution is 0.235. The highest BCUT2D eigenvalue weighted by Crippen LogP contribution is 2.19. The molecule has 3 rings (SSSR count). The number of rotatable bonds is 6. The predicted octanol–water partition coefficient (Wildman–Crippen LogP) is 4.04. The fourth-order valence-electron chi connectivity index (χ4n) is 2.41. The van der Waals surface area contributed by atoms with E-state index in [1.54, 1.807) is 0 Å². The molecule has 140 valence electrons. The monoisotopic (exact) mass is 391 g/mol. The third-order valence-corrected chi connectivity index (χ3v) is 4.08. The summed E-state index contributed by atoms with van der Waals surface area (Å²) in [5.74, 6) is -0.939. The summed E-state index contributed by atoms with van der Waals surface area (Å²) < 4.78 is 33.5. The number of para-hydroxylation sites is 1. The van der Waals surface area contributed by atoms with Gasteiger partial charge in [-0.05, 0) is 31.2 Å². The molecular formula is C19H16ClF2N3O2. The molecule has 1 aromatic heterocycles. The van der Waals surface area contributed by atoms with E-state index in [2.05, 4.69) is 10.4 Å². The molecule has 0 radical (unpaired) electrons. The Bertz CT molecular complexity index is 996. The lowest BCUT2D eigenvalue weighted by atomic mass is 10.3. The molecule has 1 heterocycles. The van der Waals surface area contributed by atoms with Gasteiger partial charge < -0.3 is 10.1 Å². The molecule has 0 aliphatic carbocycles. The predicted molar refractivity (Wildman–Crippen MR) is 99.8 cm³/mol. The van der Waals surface area contributed by atoms with Crippen LogP contribution in [0, 0.1) is 11.6 Å². The number of hydrogen-bond donors (Lipinski definition) is 1. The van der Waals surface area contributed by atoms with Gasteiger partial charge in [0.25, 0.3) is 5.56 Å². The van der Waals surface area contributed by atoms with E-state index in [4.69, 9.17) is 16.3 Å². The van der Waals surface area contributed by atoms with E-state index < -0.39 is 17.2 Å². The molecule has 3 aromatic rings. The summed E-state index contributed by atoms with van der Waals surface area (Å²) in [6.07, 6.45) is 1.10. The average molecular weight is 392 g/mol. The molecule has 8 heteroatoms. The summed E-state index contributed by atoms with van der Waals surface area (Å²) in [7, 11) is 0. The minimum absolute atomic E-state index is 0.152. The Labute approximate surface area is 159 Å². The second kappa shape index (κ2) is 8.18. The van der Waals surface area contributed by atoms with E-state index in [0.717, 1.165) is 22.6 Å². The van der Waals surface area contributed by atoms with Gasteiger partial charge in [-0.1, -0.05) is 29.8 Å². The minimum atomic E-state index is -0.911. The molecule has 0 saturated carbocycles. The fraction of sp³-hybridized carbons (Fsp3) is 0.158. The number of halogens is 3. The molecule has 0 aliphatic heterocycles. The molecule has 2 aromatic carbocycles. The van der Waals surface area contributed by atoms with Crippen LogP contribution in [-0.2, 0) is 0 Å². The molecule has 1 unspecified atom stereocenters. The summed E-state index contributed by atoms with van der Waals surface area (Å²) in [6, 6.07) is 12.1. The van der Waals surface area contributed by atoms with Crippen molar-refractivity contribution in [1.82, 2.24) is 9.78 Å². The number of aromatic nitrogens is 2. The summed E-state index contributed by atoms with van der Waals surface area (Å²) in [5.41, 5.74) is -0.608. The van der Waals surface area contributed by atoms with Crippen molar-refractivity contribution in [3.05, 3.63) is 81.7 Å². The van der Waals surface area contributed by atoms with Gasteiger partial charge in [0, 0.05) is 6.07 Å². The third-order valence-electron chi connectivity index (χ3n) is 3.72. The number of benzene rings is 2. The van der Waals surface area contributed by atoms with Gasteiger partial charge in [0.1, 0.15) is 28.4 Å². The molecule has 0 aliphatic rings. The van der Waals surface area contributed by atoms with Crippen LogP contribution in [0.3, 0.4) is 0 Å². The highest BCUT2D eigenvalue weighted by molar-refractivity contribution is 6.32. The maximum Gasteiger partial charge on any atom is 0.292 e. The molecule has 0 amide bonds. The van der Waals surface area contributed by atoms with E-state index in [0.29, 0.717) is 18.3 Å². The Morgan fingerprint density at radius 3 is 2.67 bits per heavy atom. The first-order valence-electron chi connectivity index (χ1n) is 8.14. The topological polar surface area (TPSA) is 56.2 Å². The van der Waals surface area contributed by atoms with Crippen molar-refractivity contribution in [2.75, 3.05) is 11.9 Å². The van der Waals surface area contributed by atoms with Gasteiger partial charge in [-0.25, -0.2) is 8.78 Å². The van der Waals surface area contributed by atoms with Crippen molar-refractivity contribution >= 4 is 17.3 Å². The molecule has 1 N–H and O–H groups in total. The standard InChI is InChI=1S/C19H16ClF2N3O2/c1-12(27-14-5-3-2-4-6-14)10-23-16-11-24-25(19(26)18(16)20)17-8-7-13(21)9-15(17)22/h2-9,11-12,23H,10H2,1H3. The maximum absolute atomic E-state index is 13.9. The van der Waals surface area contributed by atoms with Gasteiger partial charge in [-0.3, -0.25) is 4.79 Å². The molecule has 5 nitrogen and oxygen atoms in total. The lowest BCUT2D eigenvalue weighted by Gasteiger charge is -2.17. The largest absolute Gasteiger partial charge is 0.489 e. The van der Waals surface area contributed by atoms with Crippen LogP contribution in [0.4, 0.5) is 14.5 Å². The van der Waals surface area contributed by atoms with E-state index in [1.165, 1.54) is 6.20 Å². The van der Waals surface area contributed by atoms with Gasteiger partial charge in [-0.2, -0.15) is 9.78 Å². The van der Waals surface area contributed by atoms with Gasteiger partial charge in [-0.15, -0.1) is 0 Å². The SMILES string of the molecule is CC(CNc1cnn(-c2ccc(F)cc2F)c(=O)c1Cl)Oc1ccccc1. The van der Waals surface area contributed by atoms with Crippen molar-refractivity contribution in [3.63, 3.8) is 0 Å². The molecular weight excluding hydrogens is 376 g/mol. The number of ether oxygens (including phenoxy) is 1. The van der Waals surface area contributed by atoms with Crippen LogP contribution >= 0.6 is 11.6 Å². The van der Waals surface area contributed by atoms with Crippen LogP contribution in [0.5, 0.6) is 5.75 Å². The average Bonchev–Trinajstić information content (AvgIpc) is 2.64. The van der Waals surface area contributed by atoms with Crippen LogP contribution in [0.2, 0.25) is 5.02 Å². The summed E-state index contributed by atoms with van der Waals surface area (Å²) >= 11 is 6.10. The zero-order valence-electron chi connectivity index (χ0n) is 14.3. The Morgan fingerprint density at radius 2 is 1.96 bits per heavy atom. The number of hydrogen-bond acceptors (Lipinski definition) is 4. The molecule has 1 atom stereocenters. The zero-order chi connectivity index (χ0) is 19.4. The van der Waals surface area contributed by atoms with Crippen LogP contribution in [0.25, 0.3) is 5.69 Å². The number of nitrogens with zero attached hydrogens (tertiary/aromatic N) is 2. The van der Waals surface area contributed by atoms with Crippen LogP contribution in [-0.4, -0.2) is 22.4 Å².